The van der Waals surface area contributed by atoms with E-state index in [0.29, 0.717) is 40.2 Å². The van der Waals surface area contributed by atoms with Crippen LogP contribution in [0.3, 0.4) is 0 Å². The molecule has 2 amide bonds. The average molecular weight is 409 g/mol. The van der Waals surface area contributed by atoms with Gasteiger partial charge in [-0.25, -0.2) is 4.98 Å². The zero-order chi connectivity index (χ0) is 19.8. The number of hydrogen-bond donors (Lipinski definition) is 2. The number of aryl methyl sites for hydroxylation is 1. The summed E-state index contributed by atoms with van der Waals surface area (Å²) >= 11 is 11.7. The van der Waals surface area contributed by atoms with Gasteiger partial charge >= 0.3 is 0 Å². The van der Waals surface area contributed by atoms with Crippen molar-refractivity contribution in [1.29, 1.82) is 0 Å². The molecule has 0 spiro atoms. The second-order valence-corrected chi connectivity index (χ2v) is 6.38. The number of rotatable bonds is 8. The van der Waals surface area contributed by atoms with E-state index in [-0.39, 0.29) is 24.1 Å². The number of aromatic nitrogens is 2. The summed E-state index contributed by atoms with van der Waals surface area (Å²) in [5, 5.41) is 6.03. The van der Waals surface area contributed by atoms with Crippen molar-refractivity contribution in [3.8, 4) is 5.75 Å². The van der Waals surface area contributed by atoms with Crippen molar-refractivity contribution in [2.45, 2.75) is 13.3 Å². The fourth-order valence-electron chi connectivity index (χ4n) is 2.00. The van der Waals surface area contributed by atoms with E-state index in [1.807, 2.05) is 0 Å². The fraction of sp³-hybridized carbons (Fsp3) is 0.222. The molecule has 1 aromatic carbocycles. The van der Waals surface area contributed by atoms with Crippen LogP contribution in [0.1, 0.15) is 22.6 Å². The molecule has 7 nitrogen and oxygen atoms in total. The fourth-order valence-corrected chi connectivity index (χ4v) is 2.29. The first kappa shape index (κ1) is 20.7. The van der Waals surface area contributed by atoms with Gasteiger partial charge in [0, 0.05) is 30.9 Å². The Morgan fingerprint density at radius 2 is 2.00 bits per heavy atom. The molecule has 0 radical (unpaired) electrons. The molecule has 2 aromatic rings. The van der Waals surface area contributed by atoms with Gasteiger partial charge in [-0.15, -0.1) is 0 Å². The van der Waals surface area contributed by atoms with Gasteiger partial charge in [0.25, 0.3) is 11.8 Å². The molecule has 2 rings (SSSR count). The third-order valence-corrected chi connectivity index (χ3v) is 4.02. The topological polar surface area (TPSA) is 93.2 Å². The zero-order valence-electron chi connectivity index (χ0n) is 14.6. The molecule has 0 saturated heterocycles. The van der Waals surface area contributed by atoms with Crippen molar-refractivity contribution in [3.05, 3.63) is 64.3 Å². The van der Waals surface area contributed by atoms with Crippen molar-refractivity contribution >= 4 is 35.0 Å². The van der Waals surface area contributed by atoms with Gasteiger partial charge in [-0.1, -0.05) is 29.8 Å². The van der Waals surface area contributed by atoms with Crippen LogP contribution in [0.25, 0.3) is 0 Å². The predicted octanol–water partition coefficient (Wildman–Crippen LogP) is 2.92. The lowest BCUT2D eigenvalue weighted by Gasteiger charge is -2.10. The lowest BCUT2D eigenvalue weighted by Crippen LogP contribution is -2.31. The summed E-state index contributed by atoms with van der Waals surface area (Å²) in [6, 6.07) is 4.72. The minimum atomic E-state index is -0.373. The van der Waals surface area contributed by atoms with Gasteiger partial charge in [-0.05, 0) is 19.1 Å². The molecular weight excluding hydrogens is 391 g/mol. The Labute approximate surface area is 166 Å². The number of carbonyl (C=O) groups is 2. The number of amides is 2. The molecule has 0 aliphatic heterocycles. The summed E-state index contributed by atoms with van der Waals surface area (Å²) in [6.45, 7) is 5.59. The summed E-state index contributed by atoms with van der Waals surface area (Å²) in [6.07, 6.45) is 3.32. The predicted molar refractivity (Wildman–Crippen MR) is 103 cm³/mol. The lowest BCUT2D eigenvalue weighted by atomic mass is 10.3. The number of ether oxygens (including phenoxy) is 1. The maximum Gasteiger partial charge on any atom is 0.271 e. The van der Waals surface area contributed by atoms with Crippen LogP contribution in [-0.2, 0) is 4.79 Å². The Morgan fingerprint density at radius 1 is 1.22 bits per heavy atom. The number of hydrogen-bond acceptors (Lipinski definition) is 5. The van der Waals surface area contributed by atoms with Crippen LogP contribution in [0.5, 0.6) is 5.75 Å². The molecule has 1 aromatic heterocycles. The molecule has 0 aliphatic carbocycles. The number of carbonyl (C=O) groups excluding carboxylic acids is 2. The first-order chi connectivity index (χ1) is 12.8. The van der Waals surface area contributed by atoms with Crippen LogP contribution in [0.2, 0.25) is 10.0 Å². The second kappa shape index (κ2) is 9.89. The summed E-state index contributed by atoms with van der Waals surface area (Å²) in [7, 11) is 0. The Bertz CT molecular complexity index is 858. The van der Waals surface area contributed by atoms with Crippen molar-refractivity contribution in [3.63, 3.8) is 0 Å². The normalized spacial score (nSPS) is 10.2. The lowest BCUT2D eigenvalue weighted by molar-refractivity contribution is -0.122. The van der Waals surface area contributed by atoms with E-state index in [2.05, 4.69) is 27.2 Å². The van der Waals surface area contributed by atoms with Gasteiger partial charge in [0.2, 0.25) is 0 Å². The Balaban J connectivity index is 1.69. The van der Waals surface area contributed by atoms with Crippen LogP contribution in [0.15, 0.2) is 42.9 Å². The third-order valence-electron chi connectivity index (χ3n) is 3.28. The van der Waals surface area contributed by atoms with Gasteiger partial charge in [-0.3, -0.25) is 14.6 Å². The van der Waals surface area contributed by atoms with Gasteiger partial charge < -0.3 is 15.4 Å². The number of nitrogens with zero attached hydrogens (tertiary/aromatic N) is 2. The highest BCUT2D eigenvalue weighted by atomic mass is 35.5. The molecule has 0 bridgehead atoms. The molecule has 0 fully saturated rings. The van der Waals surface area contributed by atoms with Crippen LogP contribution < -0.4 is 15.4 Å². The van der Waals surface area contributed by atoms with E-state index in [1.54, 1.807) is 25.3 Å². The molecule has 142 valence electrons. The molecule has 27 heavy (non-hydrogen) atoms. The molecule has 0 saturated carbocycles. The Hall–Kier alpha value is -2.64. The van der Waals surface area contributed by atoms with Crippen molar-refractivity contribution in [2.75, 3.05) is 13.2 Å². The summed E-state index contributed by atoms with van der Waals surface area (Å²) in [5.41, 5.74) is 1.34. The highest BCUT2D eigenvalue weighted by molar-refractivity contribution is 6.42. The summed E-state index contributed by atoms with van der Waals surface area (Å²) in [4.78, 5) is 31.8. The first-order valence-corrected chi connectivity index (χ1v) is 8.73. The molecule has 0 unspecified atom stereocenters. The van der Waals surface area contributed by atoms with Crippen LogP contribution in [0.4, 0.5) is 0 Å². The first-order valence-electron chi connectivity index (χ1n) is 7.97. The highest BCUT2D eigenvalue weighted by Crippen LogP contribution is 2.26. The second-order valence-electron chi connectivity index (χ2n) is 5.57. The smallest absolute Gasteiger partial charge is 0.271 e. The maximum atomic E-state index is 11.9. The number of halogens is 2. The SMILES string of the molecule is C=C(CCNC(=O)c1cncc(C)n1)NC(=O)COc1ccc(Cl)c(Cl)c1. The Kier molecular flexibility index (Phi) is 7.57. The highest BCUT2D eigenvalue weighted by Gasteiger charge is 2.09. The zero-order valence-corrected chi connectivity index (χ0v) is 16.1. The van der Waals surface area contributed by atoms with Crippen LogP contribution in [-0.4, -0.2) is 34.9 Å². The van der Waals surface area contributed by atoms with E-state index in [1.165, 1.54) is 12.3 Å². The van der Waals surface area contributed by atoms with Gasteiger partial charge in [-0.2, -0.15) is 0 Å². The van der Waals surface area contributed by atoms with Crippen molar-refractivity contribution in [2.24, 2.45) is 0 Å². The molecule has 0 aliphatic rings. The van der Waals surface area contributed by atoms with E-state index in [0.717, 1.165) is 0 Å². The summed E-state index contributed by atoms with van der Waals surface area (Å²) in [5.74, 6) is -0.285. The van der Waals surface area contributed by atoms with Gasteiger partial charge in [0.15, 0.2) is 6.61 Å². The molecule has 1 heterocycles. The van der Waals surface area contributed by atoms with Crippen molar-refractivity contribution in [1.82, 2.24) is 20.6 Å². The largest absolute Gasteiger partial charge is 0.484 e. The van der Waals surface area contributed by atoms with E-state index < -0.39 is 0 Å². The van der Waals surface area contributed by atoms with E-state index in [4.69, 9.17) is 27.9 Å². The summed E-state index contributed by atoms with van der Waals surface area (Å²) < 4.78 is 5.34. The van der Waals surface area contributed by atoms with Crippen LogP contribution in [0, 0.1) is 6.92 Å². The standard InChI is InChI=1S/C18H18Cl2N4O3/c1-11(5-6-22-18(26)16-9-21-8-12(2)23-16)24-17(25)10-27-13-3-4-14(19)15(20)7-13/h3-4,7-9H,1,5-6,10H2,2H3,(H,22,26)(H,24,25). The third kappa shape index (κ3) is 6.88. The Morgan fingerprint density at radius 3 is 2.70 bits per heavy atom. The van der Waals surface area contributed by atoms with Crippen LogP contribution >= 0.6 is 23.2 Å². The minimum absolute atomic E-state index is 0.206. The molecule has 0 atom stereocenters. The van der Waals surface area contributed by atoms with E-state index in [9.17, 15) is 9.59 Å². The number of nitrogens with one attached hydrogen (secondary N) is 2. The quantitative estimate of drug-likeness (QED) is 0.700. The molecule has 9 heteroatoms. The maximum absolute atomic E-state index is 11.9. The molecule has 2 N–H and O–H groups in total. The van der Waals surface area contributed by atoms with E-state index >= 15 is 0 Å². The number of benzene rings is 1. The molecular formula is C18H18Cl2N4O3. The minimum Gasteiger partial charge on any atom is -0.484 e. The average Bonchev–Trinajstić information content (AvgIpc) is 2.62. The van der Waals surface area contributed by atoms with Gasteiger partial charge in [0.1, 0.15) is 11.4 Å². The van der Waals surface area contributed by atoms with Gasteiger partial charge in [0.05, 0.1) is 21.9 Å². The van der Waals surface area contributed by atoms with Crippen molar-refractivity contribution < 1.29 is 14.3 Å². The monoisotopic (exact) mass is 408 g/mol.